The minimum atomic E-state index is -1.27. The van der Waals surface area contributed by atoms with E-state index in [1.807, 2.05) is 6.92 Å². The molecule has 0 aromatic heterocycles. The van der Waals surface area contributed by atoms with Crippen molar-refractivity contribution in [2.24, 2.45) is 5.92 Å². The second-order valence-electron chi connectivity index (χ2n) is 7.18. The average Bonchev–Trinajstić information content (AvgIpc) is 2.93. The maximum absolute atomic E-state index is 13.2. The lowest BCUT2D eigenvalue weighted by Gasteiger charge is -2.28. The van der Waals surface area contributed by atoms with Crippen LogP contribution in [0.3, 0.4) is 0 Å². The molecular formula is C22H19Cl2NO5. The first-order valence-electron chi connectivity index (χ1n) is 9.33. The zero-order valence-corrected chi connectivity index (χ0v) is 17.6. The van der Waals surface area contributed by atoms with Gasteiger partial charge in [0.15, 0.2) is 5.78 Å². The number of carbonyl (C=O) groups is 4. The lowest BCUT2D eigenvalue weighted by atomic mass is 9.86. The van der Waals surface area contributed by atoms with Gasteiger partial charge >= 0.3 is 5.97 Å². The minimum Gasteiger partial charge on any atom is -0.481 e. The number of likely N-dealkylation sites (tertiary alicyclic amines) is 1. The quantitative estimate of drug-likeness (QED) is 0.391. The summed E-state index contributed by atoms with van der Waals surface area (Å²) in [6, 6.07) is 10.4. The van der Waals surface area contributed by atoms with Crippen LogP contribution in [0, 0.1) is 12.8 Å². The molecule has 0 bridgehead atoms. The third kappa shape index (κ3) is 4.40. The molecule has 30 heavy (non-hydrogen) atoms. The number of benzene rings is 2. The number of carboxylic acid groups (broad SMARTS) is 1. The van der Waals surface area contributed by atoms with Gasteiger partial charge in [-0.25, -0.2) is 0 Å². The summed E-state index contributed by atoms with van der Waals surface area (Å²) in [6.07, 6.45) is -0.0306. The van der Waals surface area contributed by atoms with E-state index in [4.69, 9.17) is 28.3 Å². The Balaban J connectivity index is 2.04. The highest BCUT2D eigenvalue weighted by atomic mass is 35.5. The fourth-order valence-corrected chi connectivity index (χ4v) is 4.13. The van der Waals surface area contributed by atoms with Gasteiger partial charge in [-0.1, -0.05) is 59.1 Å². The van der Waals surface area contributed by atoms with E-state index in [0.717, 1.165) is 5.56 Å². The summed E-state index contributed by atoms with van der Waals surface area (Å²) in [6.45, 7) is 1.89. The molecule has 1 heterocycles. The number of aryl methyl sites for hydroxylation is 1. The smallest absolute Gasteiger partial charge is 0.303 e. The molecule has 1 saturated heterocycles. The Labute approximate surface area is 183 Å². The number of carbonyl (C=O) groups excluding carboxylic acids is 3. The molecule has 6 nitrogen and oxygen atoms in total. The number of hydrogen-bond donors (Lipinski definition) is 1. The number of aliphatic carboxylic acids is 1. The second-order valence-corrected chi connectivity index (χ2v) is 8.02. The lowest BCUT2D eigenvalue weighted by molar-refractivity contribution is -0.141. The molecule has 0 aliphatic carbocycles. The second kappa shape index (κ2) is 8.98. The first kappa shape index (κ1) is 22.0. The van der Waals surface area contributed by atoms with E-state index in [2.05, 4.69) is 0 Å². The van der Waals surface area contributed by atoms with Crippen molar-refractivity contribution < 1.29 is 24.3 Å². The van der Waals surface area contributed by atoms with Crippen molar-refractivity contribution in [1.29, 1.82) is 0 Å². The van der Waals surface area contributed by atoms with Crippen molar-refractivity contribution >= 4 is 46.6 Å². The van der Waals surface area contributed by atoms with Crippen LogP contribution in [-0.4, -0.2) is 40.0 Å². The molecule has 2 atom stereocenters. The van der Waals surface area contributed by atoms with Crippen molar-refractivity contribution in [3.05, 3.63) is 69.2 Å². The van der Waals surface area contributed by atoms with Crippen LogP contribution in [0.2, 0.25) is 10.0 Å². The highest BCUT2D eigenvalue weighted by Gasteiger charge is 2.51. The van der Waals surface area contributed by atoms with Gasteiger partial charge in [0, 0.05) is 28.6 Å². The van der Waals surface area contributed by atoms with E-state index in [0.29, 0.717) is 16.1 Å². The zero-order valence-electron chi connectivity index (χ0n) is 16.1. The fraction of sp³-hybridized carbons (Fsp3) is 0.273. The molecule has 1 N–H and O–H groups in total. The molecule has 156 valence electrons. The summed E-state index contributed by atoms with van der Waals surface area (Å²) in [5.41, 5.74) is 1.68. The van der Waals surface area contributed by atoms with Crippen molar-refractivity contribution in [3.63, 3.8) is 0 Å². The molecule has 2 unspecified atom stereocenters. The number of Topliss-reactive ketones (excluding diaryl/α,β-unsaturated/α-hetero) is 2. The first-order chi connectivity index (χ1) is 14.2. The number of rotatable bonds is 7. The van der Waals surface area contributed by atoms with E-state index in [-0.39, 0.29) is 24.4 Å². The van der Waals surface area contributed by atoms with E-state index in [9.17, 15) is 19.2 Å². The Kier molecular flexibility index (Phi) is 6.58. The Morgan fingerprint density at radius 2 is 1.73 bits per heavy atom. The van der Waals surface area contributed by atoms with E-state index in [1.165, 1.54) is 11.0 Å². The van der Waals surface area contributed by atoms with Gasteiger partial charge in [0.25, 0.3) is 5.91 Å². The Hall–Kier alpha value is -2.70. The largest absolute Gasteiger partial charge is 0.481 e. The van der Waals surface area contributed by atoms with E-state index < -0.39 is 35.4 Å². The van der Waals surface area contributed by atoms with Crippen molar-refractivity contribution in [2.45, 2.75) is 25.8 Å². The highest BCUT2D eigenvalue weighted by Crippen LogP contribution is 2.41. The van der Waals surface area contributed by atoms with Crippen molar-refractivity contribution in [2.75, 3.05) is 6.54 Å². The number of ketones is 2. The summed E-state index contributed by atoms with van der Waals surface area (Å²) in [4.78, 5) is 51.0. The van der Waals surface area contributed by atoms with Crippen molar-refractivity contribution in [3.8, 4) is 0 Å². The summed E-state index contributed by atoms with van der Waals surface area (Å²) in [5, 5.41) is 9.51. The Bertz CT molecular complexity index is 1020. The maximum Gasteiger partial charge on any atom is 0.303 e. The fourth-order valence-electron chi connectivity index (χ4n) is 3.61. The van der Waals surface area contributed by atoms with Gasteiger partial charge in [0.2, 0.25) is 5.78 Å². The predicted octanol–water partition coefficient (Wildman–Crippen LogP) is 4.12. The summed E-state index contributed by atoms with van der Waals surface area (Å²) in [7, 11) is 0. The molecule has 2 aromatic carbocycles. The van der Waals surface area contributed by atoms with Crippen LogP contribution < -0.4 is 0 Å². The third-order valence-electron chi connectivity index (χ3n) is 5.09. The third-order valence-corrected chi connectivity index (χ3v) is 5.66. The molecule has 1 aliphatic rings. The van der Waals surface area contributed by atoms with Crippen LogP contribution in [-0.2, 0) is 14.4 Å². The summed E-state index contributed by atoms with van der Waals surface area (Å²) >= 11 is 12.3. The van der Waals surface area contributed by atoms with Crippen LogP contribution in [0.15, 0.2) is 42.5 Å². The highest BCUT2D eigenvalue weighted by molar-refractivity contribution is 6.44. The molecule has 1 aliphatic heterocycles. The molecule has 2 aromatic rings. The van der Waals surface area contributed by atoms with Crippen LogP contribution in [0.4, 0.5) is 0 Å². The normalized spacial score (nSPS) is 18.7. The van der Waals surface area contributed by atoms with Gasteiger partial charge in [-0.05, 0) is 31.0 Å². The van der Waals surface area contributed by atoms with E-state index in [1.54, 1.807) is 36.4 Å². The molecule has 1 amide bonds. The summed E-state index contributed by atoms with van der Waals surface area (Å²) in [5.74, 6) is -4.41. The Morgan fingerprint density at radius 1 is 1.07 bits per heavy atom. The SMILES string of the molecule is Cc1ccc(C(=O)C2C(=O)C(=O)N(CCCC(=O)O)C2c2ccc(Cl)cc2Cl)cc1. The monoisotopic (exact) mass is 447 g/mol. The first-order valence-corrected chi connectivity index (χ1v) is 10.1. The zero-order chi connectivity index (χ0) is 22.0. The molecule has 0 saturated carbocycles. The van der Waals surface area contributed by atoms with Gasteiger partial charge in [0.1, 0.15) is 5.92 Å². The Morgan fingerprint density at radius 3 is 2.33 bits per heavy atom. The predicted molar refractivity (Wildman–Crippen MR) is 112 cm³/mol. The van der Waals surface area contributed by atoms with E-state index >= 15 is 0 Å². The lowest BCUT2D eigenvalue weighted by Crippen LogP contribution is -2.32. The molecular weight excluding hydrogens is 429 g/mol. The van der Waals surface area contributed by atoms with Crippen LogP contribution in [0.25, 0.3) is 0 Å². The standard InChI is InChI=1S/C22H19Cl2NO5/c1-12-4-6-13(7-5-12)20(28)18-19(15-9-8-14(23)11-16(15)24)25(22(30)21(18)29)10-2-3-17(26)27/h4-9,11,18-19H,2-3,10H2,1H3,(H,26,27). The average molecular weight is 448 g/mol. The van der Waals surface area contributed by atoms with Crippen LogP contribution in [0.1, 0.15) is 40.4 Å². The van der Waals surface area contributed by atoms with Crippen LogP contribution in [0.5, 0.6) is 0 Å². The van der Waals surface area contributed by atoms with Gasteiger partial charge in [-0.2, -0.15) is 0 Å². The molecule has 8 heteroatoms. The molecule has 1 fully saturated rings. The molecule has 0 spiro atoms. The van der Waals surface area contributed by atoms with Gasteiger partial charge < -0.3 is 10.0 Å². The molecule has 0 radical (unpaired) electrons. The number of nitrogens with zero attached hydrogens (tertiary/aromatic N) is 1. The number of carboxylic acids is 1. The minimum absolute atomic E-state index is 0.0121. The summed E-state index contributed by atoms with van der Waals surface area (Å²) < 4.78 is 0. The molecule has 3 rings (SSSR count). The van der Waals surface area contributed by atoms with Gasteiger partial charge in [-0.3, -0.25) is 19.2 Å². The number of halogens is 2. The van der Waals surface area contributed by atoms with Crippen molar-refractivity contribution in [1.82, 2.24) is 4.90 Å². The number of hydrogen-bond acceptors (Lipinski definition) is 4. The maximum atomic E-state index is 13.2. The number of amides is 1. The topological polar surface area (TPSA) is 91.8 Å². The van der Waals surface area contributed by atoms with Crippen LogP contribution >= 0.6 is 23.2 Å². The van der Waals surface area contributed by atoms with Gasteiger partial charge in [0.05, 0.1) is 6.04 Å². The van der Waals surface area contributed by atoms with Gasteiger partial charge in [-0.15, -0.1) is 0 Å².